The van der Waals surface area contributed by atoms with Gasteiger partial charge in [-0.2, -0.15) is 0 Å². The molecule has 0 heterocycles. The van der Waals surface area contributed by atoms with Crippen molar-refractivity contribution in [1.82, 2.24) is 5.32 Å². The zero-order valence-corrected chi connectivity index (χ0v) is 9.76. The van der Waals surface area contributed by atoms with E-state index in [0.717, 1.165) is 23.8 Å². The summed E-state index contributed by atoms with van der Waals surface area (Å²) in [4.78, 5) is 0. The topological polar surface area (TPSA) is 12.0 Å². The van der Waals surface area contributed by atoms with Crippen LogP contribution in [0.5, 0.6) is 0 Å². The Bertz CT molecular complexity index is 178. The van der Waals surface area contributed by atoms with E-state index in [1.165, 1.54) is 32.2 Å². The lowest BCUT2D eigenvalue weighted by molar-refractivity contribution is 0.284. The summed E-state index contributed by atoms with van der Waals surface area (Å²) in [6, 6.07) is 0.749. The summed E-state index contributed by atoms with van der Waals surface area (Å²) >= 11 is 0. The second kappa shape index (κ2) is 4.65. The van der Waals surface area contributed by atoms with Gasteiger partial charge in [0, 0.05) is 6.04 Å². The minimum Gasteiger partial charge on any atom is -0.314 e. The van der Waals surface area contributed by atoms with E-state index < -0.39 is 0 Å². The highest BCUT2D eigenvalue weighted by atomic mass is 14.9. The number of hydrogen-bond donors (Lipinski definition) is 1. The first-order valence-electron chi connectivity index (χ1n) is 6.53. The van der Waals surface area contributed by atoms with Crippen molar-refractivity contribution in [2.75, 3.05) is 6.54 Å². The van der Waals surface area contributed by atoms with E-state index in [2.05, 4.69) is 19.2 Å². The smallest absolute Gasteiger partial charge is 0.00414 e. The van der Waals surface area contributed by atoms with Crippen LogP contribution in [0.25, 0.3) is 0 Å². The Morgan fingerprint density at radius 3 is 2.71 bits per heavy atom. The zero-order chi connectivity index (χ0) is 9.97. The van der Waals surface area contributed by atoms with Crippen molar-refractivity contribution in [3.05, 3.63) is 0 Å². The molecule has 0 saturated heterocycles. The van der Waals surface area contributed by atoms with Crippen LogP contribution >= 0.6 is 0 Å². The Morgan fingerprint density at radius 2 is 2.14 bits per heavy atom. The monoisotopic (exact) mass is 195 g/mol. The Kier molecular flexibility index (Phi) is 3.48. The highest BCUT2D eigenvalue weighted by Crippen LogP contribution is 2.49. The molecule has 4 atom stereocenters. The molecule has 2 fully saturated rings. The van der Waals surface area contributed by atoms with Crippen LogP contribution in [0.1, 0.15) is 52.4 Å². The van der Waals surface area contributed by atoms with Gasteiger partial charge in [-0.15, -0.1) is 0 Å². The van der Waals surface area contributed by atoms with Crippen molar-refractivity contribution in [1.29, 1.82) is 0 Å². The second-order valence-corrected chi connectivity index (χ2v) is 5.53. The molecular formula is C13H25N. The lowest BCUT2D eigenvalue weighted by Gasteiger charge is -2.25. The van der Waals surface area contributed by atoms with Gasteiger partial charge in [-0.05, 0) is 63.3 Å². The maximum Gasteiger partial charge on any atom is 0.00414 e. The predicted octanol–water partition coefficient (Wildman–Crippen LogP) is 3.20. The summed E-state index contributed by atoms with van der Waals surface area (Å²) in [5.41, 5.74) is 0. The van der Waals surface area contributed by atoms with Crippen LogP contribution in [0.2, 0.25) is 0 Å². The fraction of sp³-hybridized carbons (Fsp3) is 1.00. The number of fused-ring (bicyclic) bond motifs is 2. The van der Waals surface area contributed by atoms with Gasteiger partial charge in [0.05, 0.1) is 0 Å². The SMILES string of the molecule is CCCNC(C)CC1CC2CCC1C2. The van der Waals surface area contributed by atoms with Gasteiger partial charge in [-0.3, -0.25) is 0 Å². The zero-order valence-electron chi connectivity index (χ0n) is 9.76. The maximum absolute atomic E-state index is 3.62. The molecule has 2 aliphatic carbocycles. The summed E-state index contributed by atoms with van der Waals surface area (Å²) in [6.45, 7) is 5.81. The molecule has 0 amide bonds. The summed E-state index contributed by atoms with van der Waals surface area (Å²) in [7, 11) is 0. The fourth-order valence-corrected chi connectivity index (χ4v) is 3.59. The first-order chi connectivity index (χ1) is 6.79. The first kappa shape index (κ1) is 10.5. The molecule has 1 N–H and O–H groups in total. The van der Waals surface area contributed by atoms with Crippen LogP contribution in [0, 0.1) is 17.8 Å². The van der Waals surface area contributed by atoms with E-state index in [1.54, 1.807) is 12.8 Å². The minimum atomic E-state index is 0.749. The molecule has 0 aliphatic heterocycles. The standard InChI is InChI=1S/C13H25N/c1-3-6-14-10(2)7-13-9-11-4-5-12(13)8-11/h10-14H,3-9H2,1-2H3. The molecule has 4 unspecified atom stereocenters. The van der Waals surface area contributed by atoms with E-state index >= 15 is 0 Å². The first-order valence-corrected chi connectivity index (χ1v) is 6.53. The van der Waals surface area contributed by atoms with Crippen molar-refractivity contribution in [3.63, 3.8) is 0 Å². The van der Waals surface area contributed by atoms with Crippen LogP contribution in [0.15, 0.2) is 0 Å². The Hall–Kier alpha value is -0.0400. The largest absolute Gasteiger partial charge is 0.314 e. The molecule has 14 heavy (non-hydrogen) atoms. The average Bonchev–Trinajstić information content (AvgIpc) is 2.76. The van der Waals surface area contributed by atoms with Gasteiger partial charge < -0.3 is 5.32 Å². The van der Waals surface area contributed by atoms with Crippen molar-refractivity contribution >= 4 is 0 Å². The van der Waals surface area contributed by atoms with E-state index in [-0.39, 0.29) is 0 Å². The molecule has 0 aromatic carbocycles. The highest BCUT2D eigenvalue weighted by molar-refractivity contribution is 4.91. The van der Waals surface area contributed by atoms with Gasteiger partial charge in [-0.25, -0.2) is 0 Å². The van der Waals surface area contributed by atoms with E-state index in [0.29, 0.717) is 0 Å². The summed E-state index contributed by atoms with van der Waals surface area (Å²) in [5, 5.41) is 3.62. The predicted molar refractivity (Wildman–Crippen MR) is 61.3 cm³/mol. The van der Waals surface area contributed by atoms with Crippen LogP contribution in [-0.2, 0) is 0 Å². The number of rotatable bonds is 5. The third-order valence-electron chi connectivity index (χ3n) is 4.28. The molecule has 2 saturated carbocycles. The average molecular weight is 195 g/mol. The molecule has 2 aliphatic rings. The summed E-state index contributed by atoms with van der Waals surface area (Å²) in [6.07, 6.45) is 8.88. The molecule has 2 bridgehead atoms. The van der Waals surface area contributed by atoms with E-state index in [4.69, 9.17) is 0 Å². The van der Waals surface area contributed by atoms with Crippen molar-refractivity contribution in [3.8, 4) is 0 Å². The Morgan fingerprint density at radius 1 is 1.29 bits per heavy atom. The van der Waals surface area contributed by atoms with Crippen molar-refractivity contribution in [2.45, 2.75) is 58.4 Å². The molecular weight excluding hydrogens is 170 g/mol. The quantitative estimate of drug-likeness (QED) is 0.710. The molecule has 0 aromatic heterocycles. The van der Waals surface area contributed by atoms with Crippen LogP contribution in [0.3, 0.4) is 0 Å². The highest BCUT2D eigenvalue weighted by Gasteiger charge is 2.39. The molecule has 0 radical (unpaired) electrons. The third-order valence-corrected chi connectivity index (χ3v) is 4.28. The van der Waals surface area contributed by atoms with Crippen LogP contribution in [0.4, 0.5) is 0 Å². The van der Waals surface area contributed by atoms with Gasteiger partial charge in [0.15, 0.2) is 0 Å². The molecule has 1 heteroatoms. The third kappa shape index (κ3) is 2.31. The van der Waals surface area contributed by atoms with Crippen molar-refractivity contribution in [2.24, 2.45) is 17.8 Å². The number of nitrogens with one attached hydrogen (secondary N) is 1. The van der Waals surface area contributed by atoms with Gasteiger partial charge in [0.1, 0.15) is 0 Å². The van der Waals surface area contributed by atoms with Gasteiger partial charge in [0.2, 0.25) is 0 Å². The number of hydrogen-bond acceptors (Lipinski definition) is 1. The van der Waals surface area contributed by atoms with Crippen molar-refractivity contribution < 1.29 is 0 Å². The van der Waals surface area contributed by atoms with Gasteiger partial charge >= 0.3 is 0 Å². The van der Waals surface area contributed by atoms with Crippen LogP contribution < -0.4 is 5.32 Å². The maximum atomic E-state index is 3.62. The lowest BCUT2D eigenvalue weighted by Crippen LogP contribution is -2.30. The Labute approximate surface area is 88.7 Å². The molecule has 0 aromatic rings. The fourth-order valence-electron chi connectivity index (χ4n) is 3.59. The second-order valence-electron chi connectivity index (χ2n) is 5.53. The molecule has 0 spiro atoms. The van der Waals surface area contributed by atoms with E-state index in [1.807, 2.05) is 0 Å². The molecule has 1 nitrogen and oxygen atoms in total. The summed E-state index contributed by atoms with van der Waals surface area (Å²) in [5.74, 6) is 3.28. The van der Waals surface area contributed by atoms with Crippen LogP contribution in [-0.4, -0.2) is 12.6 Å². The Balaban J connectivity index is 1.70. The molecule has 82 valence electrons. The minimum absolute atomic E-state index is 0.749. The summed E-state index contributed by atoms with van der Waals surface area (Å²) < 4.78 is 0. The van der Waals surface area contributed by atoms with Gasteiger partial charge in [0.25, 0.3) is 0 Å². The van der Waals surface area contributed by atoms with E-state index in [9.17, 15) is 0 Å². The lowest BCUT2D eigenvalue weighted by atomic mass is 9.84. The normalized spacial score (nSPS) is 37.7. The van der Waals surface area contributed by atoms with Gasteiger partial charge in [-0.1, -0.05) is 13.3 Å². The molecule has 2 rings (SSSR count).